The fraction of sp³-hybridized carbons (Fsp3) is 0.480. The summed E-state index contributed by atoms with van der Waals surface area (Å²) in [6.45, 7) is 4.35. The number of aromatic nitrogens is 3. The topological polar surface area (TPSA) is 41.9 Å². The Morgan fingerprint density at radius 1 is 1.00 bits per heavy atom. The standard InChI is InChI=1S/C25H29N4S/c1-18-9-8-12-20(15-18)22-24(30-25(28-22)29-13-6-3-7-14-29)23-21(16-26-17-27-23)19-10-4-2-5-11-19/h8-9,12,15-16,19H,2-7,10-11,13-14H2,1H3. The Kier molecular flexibility index (Phi) is 5.80. The number of rotatable bonds is 4. The fourth-order valence-corrected chi connectivity index (χ4v) is 6.03. The van der Waals surface area contributed by atoms with E-state index >= 15 is 0 Å². The first-order valence-electron chi connectivity index (χ1n) is 11.4. The molecule has 1 aliphatic heterocycles. The summed E-state index contributed by atoms with van der Waals surface area (Å²) in [7, 11) is 0. The molecule has 1 aromatic carbocycles. The van der Waals surface area contributed by atoms with Crippen LogP contribution in [0.1, 0.15) is 68.4 Å². The van der Waals surface area contributed by atoms with Gasteiger partial charge >= 0.3 is 0 Å². The molecule has 0 atom stereocenters. The predicted molar refractivity (Wildman–Crippen MR) is 124 cm³/mol. The summed E-state index contributed by atoms with van der Waals surface area (Å²) in [6, 6.07) is 8.69. The summed E-state index contributed by atoms with van der Waals surface area (Å²) in [4.78, 5) is 17.8. The van der Waals surface area contributed by atoms with Crippen LogP contribution in [0.25, 0.3) is 21.8 Å². The van der Waals surface area contributed by atoms with E-state index in [1.807, 2.05) is 6.20 Å². The molecular weight excluding hydrogens is 388 g/mol. The van der Waals surface area contributed by atoms with Crippen LogP contribution >= 0.6 is 11.3 Å². The fourth-order valence-electron chi connectivity index (χ4n) is 4.87. The maximum atomic E-state index is 5.18. The van der Waals surface area contributed by atoms with Crippen LogP contribution in [0.2, 0.25) is 0 Å². The molecule has 155 valence electrons. The first-order valence-corrected chi connectivity index (χ1v) is 12.2. The van der Waals surface area contributed by atoms with Crippen LogP contribution in [0.15, 0.2) is 30.5 Å². The maximum Gasteiger partial charge on any atom is 0.198 e. The molecule has 1 radical (unpaired) electrons. The Bertz CT molecular complexity index is 1000. The molecule has 2 aliphatic rings. The number of benzene rings is 1. The molecule has 4 nitrogen and oxygen atoms in total. The lowest BCUT2D eigenvalue weighted by atomic mass is 9.83. The monoisotopic (exact) mass is 417 g/mol. The van der Waals surface area contributed by atoms with Crippen LogP contribution < -0.4 is 4.90 Å². The van der Waals surface area contributed by atoms with Crippen molar-refractivity contribution >= 4 is 16.5 Å². The molecule has 5 heteroatoms. The van der Waals surface area contributed by atoms with E-state index in [9.17, 15) is 0 Å². The van der Waals surface area contributed by atoms with Crippen LogP contribution in [0.5, 0.6) is 0 Å². The number of thiazole rings is 1. The molecule has 0 unspecified atom stereocenters. The van der Waals surface area contributed by atoms with Crippen molar-refractivity contribution in [1.29, 1.82) is 0 Å². The normalized spacial score (nSPS) is 18.0. The van der Waals surface area contributed by atoms with Gasteiger partial charge in [0.15, 0.2) is 11.5 Å². The summed E-state index contributed by atoms with van der Waals surface area (Å²) in [5.41, 5.74) is 5.84. The minimum absolute atomic E-state index is 0.550. The lowest BCUT2D eigenvalue weighted by Crippen LogP contribution is -2.29. The third kappa shape index (κ3) is 4.00. The molecule has 2 fully saturated rings. The minimum Gasteiger partial charge on any atom is -0.348 e. The summed E-state index contributed by atoms with van der Waals surface area (Å²) in [5.74, 6) is 0.550. The number of nitrogens with zero attached hydrogens (tertiary/aromatic N) is 4. The van der Waals surface area contributed by atoms with Crippen LogP contribution in [-0.2, 0) is 0 Å². The van der Waals surface area contributed by atoms with Gasteiger partial charge in [-0.25, -0.2) is 15.0 Å². The van der Waals surface area contributed by atoms with Gasteiger partial charge in [0.1, 0.15) is 0 Å². The number of piperidine rings is 1. The van der Waals surface area contributed by atoms with E-state index in [0.717, 1.165) is 29.6 Å². The zero-order valence-electron chi connectivity index (χ0n) is 17.7. The molecule has 5 rings (SSSR count). The van der Waals surface area contributed by atoms with Gasteiger partial charge in [-0.15, -0.1) is 0 Å². The largest absolute Gasteiger partial charge is 0.348 e. The summed E-state index contributed by atoms with van der Waals surface area (Å²) >= 11 is 1.80. The van der Waals surface area contributed by atoms with Crippen molar-refractivity contribution in [1.82, 2.24) is 15.0 Å². The average Bonchev–Trinajstić information content (AvgIpc) is 3.26. The number of aryl methyl sites for hydroxylation is 1. The Balaban J connectivity index is 1.63. The van der Waals surface area contributed by atoms with Gasteiger partial charge in [-0.05, 0) is 51.0 Å². The highest BCUT2D eigenvalue weighted by Crippen LogP contribution is 2.44. The first kappa shape index (κ1) is 19.7. The molecule has 0 amide bonds. The molecule has 3 heterocycles. The number of hydrogen-bond acceptors (Lipinski definition) is 5. The smallest absolute Gasteiger partial charge is 0.198 e. The molecule has 3 aromatic rings. The van der Waals surface area contributed by atoms with E-state index < -0.39 is 0 Å². The number of hydrogen-bond donors (Lipinski definition) is 0. The highest BCUT2D eigenvalue weighted by Gasteiger charge is 2.26. The first-order chi connectivity index (χ1) is 14.8. The van der Waals surface area contributed by atoms with Crippen molar-refractivity contribution in [3.63, 3.8) is 0 Å². The molecule has 1 aliphatic carbocycles. The van der Waals surface area contributed by atoms with E-state index in [0.29, 0.717) is 5.92 Å². The number of anilines is 1. The summed E-state index contributed by atoms with van der Waals surface area (Å²) in [5, 5.41) is 1.13. The van der Waals surface area contributed by atoms with Crippen molar-refractivity contribution in [2.24, 2.45) is 0 Å². The molecule has 0 bridgehead atoms. The second-order valence-electron chi connectivity index (χ2n) is 8.70. The summed E-state index contributed by atoms with van der Waals surface area (Å²) < 4.78 is 0. The maximum absolute atomic E-state index is 5.18. The van der Waals surface area contributed by atoms with Crippen LogP contribution in [0, 0.1) is 13.3 Å². The van der Waals surface area contributed by atoms with Gasteiger partial charge in [0.25, 0.3) is 0 Å². The van der Waals surface area contributed by atoms with E-state index in [2.05, 4.69) is 47.4 Å². The molecule has 30 heavy (non-hydrogen) atoms. The van der Waals surface area contributed by atoms with Crippen molar-refractivity contribution in [2.45, 2.75) is 64.2 Å². The Morgan fingerprint density at radius 2 is 1.80 bits per heavy atom. The minimum atomic E-state index is 0.550. The van der Waals surface area contributed by atoms with E-state index in [-0.39, 0.29) is 0 Å². The highest BCUT2D eigenvalue weighted by atomic mass is 32.1. The summed E-state index contributed by atoms with van der Waals surface area (Å²) in [6.07, 6.45) is 15.1. The molecule has 1 saturated carbocycles. The van der Waals surface area contributed by atoms with E-state index in [1.165, 1.54) is 72.9 Å². The highest BCUT2D eigenvalue weighted by molar-refractivity contribution is 7.19. The molecule has 1 saturated heterocycles. The third-order valence-corrected chi connectivity index (χ3v) is 7.61. The Hall–Kier alpha value is -2.27. The third-order valence-electron chi connectivity index (χ3n) is 6.49. The van der Waals surface area contributed by atoms with Crippen molar-refractivity contribution in [3.05, 3.63) is 47.9 Å². The van der Waals surface area contributed by atoms with Gasteiger partial charge in [-0.3, -0.25) is 0 Å². The van der Waals surface area contributed by atoms with Gasteiger partial charge in [0, 0.05) is 30.4 Å². The van der Waals surface area contributed by atoms with Gasteiger partial charge in [0.05, 0.1) is 16.3 Å². The van der Waals surface area contributed by atoms with E-state index in [4.69, 9.17) is 9.97 Å². The van der Waals surface area contributed by atoms with Gasteiger partial charge < -0.3 is 4.90 Å². The van der Waals surface area contributed by atoms with Crippen LogP contribution in [0.3, 0.4) is 0 Å². The van der Waals surface area contributed by atoms with Crippen LogP contribution in [0.4, 0.5) is 5.13 Å². The quantitative estimate of drug-likeness (QED) is 0.491. The zero-order chi connectivity index (χ0) is 20.3. The zero-order valence-corrected chi connectivity index (χ0v) is 18.5. The SMILES string of the molecule is Cc1cccc(-c2nc(N3CCCCC3)sc2-c2n[c]ncc2C2CCCCC2)c1. The lowest BCUT2D eigenvalue weighted by Gasteiger charge is -2.25. The van der Waals surface area contributed by atoms with Crippen LogP contribution in [-0.4, -0.2) is 28.0 Å². The average molecular weight is 418 g/mol. The van der Waals surface area contributed by atoms with E-state index in [1.54, 1.807) is 11.3 Å². The second kappa shape index (κ2) is 8.84. The molecule has 0 spiro atoms. The van der Waals surface area contributed by atoms with Crippen molar-refractivity contribution < 1.29 is 0 Å². The Labute approximate surface area is 183 Å². The molecular formula is C25H29N4S. The Morgan fingerprint density at radius 3 is 2.60 bits per heavy atom. The van der Waals surface area contributed by atoms with Gasteiger partial charge in [-0.1, -0.05) is 54.4 Å². The molecule has 2 aromatic heterocycles. The predicted octanol–water partition coefficient (Wildman–Crippen LogP) is 6.41. The van der Waals surface area contributed by atoms with Crippen molar-refractivity contribution in [2.75, 3.05) is 18.0 Å². The van der Waals surface area contributed by atoms with Crippen molar-refractivity contribution in [3.8, 4) is 21.8 Å². The lowest BCUT2D eigenvalue weighted by molar-refractivity contribution is 0.443. The second-order valence-corrected chi connectivity index (χ2v) is 9.68. The molecule has 0 N–H and O–H groups in total. The van der Waals surface area contributed by atoms with Gasteiger partial charge in [-0.2, -0.15) is 0 Å². The van der Waals surface area contributed by atoms with Gasteiger partial charge in [0.2, 0.25) is 0 Å².